The topological polar surface area (TPSA) is 12.4 Å². The molecule has 0 saturated heterocycles. The van der Waals surface area contributed by atoms with Crippen molar-refractivity contribution in [3.63, 3.8) is 0 Å². The van der Waals surface area contributed by atoms with Gasteiger partial charge in [0.2, 0.25) is 0 Å². The molecule has 1 nitrogen and oxygen atoms in total. The number of aliphatic imine (C=N–C) groups is 1. The fourth-order valence-electron chi connectivity index (χ4n) is 1.81. The molecule has 15 heavy (non-hydrogen) atoms. The fourth-order valence-corrected chi connectivity index (χ4v) is 6.87. The molecule has 0 aromatic rings. The summed E-state index contributed by atoms with van der Waals surface area (Å²) in [6, 6.07) is 0. The van der Waals surface area contributed by atoms with Crippen molar-refractivity contribution in [3.05, 3.63) is 11.6 Å². The van der Waals surface area contributed by atoms with E-state index in [1.807, 2.05) is 0 Å². The molecule has 0 aliphatic heterocycles. The third-order valence-corrected chi connectivity index (χ3v) is 6.40. The summed E-state index contributed by atoms with van der Waals surface area (Å²) in [5.74, 6) is 0. The van der Waals surface area contributed by atoms with Gasteiger partial charge in [-0.1, -0.05) is 0 Å². The minimum absolute atomic E-state index is 0.0475. The molecular formula is C13H27NSn. The zero-order valence-corrected chi connectivity index (χ0v) is 14.6. The molecule has 0 heterocycles. The Morgan fingerprint density at radius 2 is 1.60 bits per heavy atom. The third-order valence-electron chi connectivity index (χ3n) is 1.78. The van der Waals surface area contributed by atoms with Gasteiger partial charge in [-0.25, -0.2) is 0 Å². The van der Waals surface area contributed by atoms with Crippen molar-refractivity contribution in [2.24, 2.45) is 4.99 Å². The van der Waals surface area contributed by atoms with Crippen LogP contribution < -0.4 is 0 Å². The van der Waals surface area contributed by atoms with Crippen LogP contribution in [0.2, 0.25) is 19.3 Å². The van der Waals surface area contributed by atoms with Gasteiger partial charge in [0, 0.05) is 0 Å². The van der Waals surface area contributed by atoms with Crippen LogP contribution in [0.15, 0.2) is 16.6 Å². The first kappa shape index (κ1) is 15.2. The van der Waals surface area contributed by atoms with Crippen molar-refractivity contribution in [2.45, 2.75) is 59.4 Å². The standard InChI is InChI=1S/C10H18N.3CH3.Sn/c1-8(2)7-9(3)11-10(4,5)6;;;;/h7H,1H2,2-6H3;3*1H3;/b8-7+,11-9?;;;;. The molecule has 0 aromatic carbocycles. The van der Waals surface area contributed by atoms with E-state index in [0.29, 0.717) is 0 Å². The van der Waals surface area contributed by atoms with Crippen molar-refractivity contribution in [1.82, 2.24) is 0 Å². The predicted molar refractivity (Wildman–Crippen MR) is 74.8 cm³/mol. The van der Waals surface area contributed by atoms with E-state index < -0.39 is 18.4 Å². The summed E-state index contributed by atoms with van der Waals surface area (Å²) in [5, 5.41) is 0. The summed E-state index contributed by atoms with van der Waals surface area (Å²) in [4.78, 5) is 12.1. The number of hydrogen-bond donors (Lipinski definition) is 0. The van der Waals surface area contributed by atoms with E-state index in [2.05, 4.69) is 60.5 Å². The van der Waals surface area contributed by atoms with Crippen LogP contribution in [0.3, 0.4) is 0 Å². The van der Waals surface area contributed by atoms with Gasteiger partial charge in [0.1, 0.15) is 0 Å². The van der Waals surface area contributed by atoms with Crippen LogP contribution in [-0.4, -0.2) is 29.6 Å². The second-order valence-corrected chi connectivity index (χ2v) is 22.3. The Balaban J connectivity index is 4.57. The first-order chi connectivity index (χ1) is 6.49. The predicted octanol–water partition coefficient (Wildman–Crippen LogP) is 4.53. The van der Waals surface area contributed by atoms with Gasteiger partial charge in [0.05, 0.1) is 0 Å². The van der Waals surface area contributed by atoms with Gasteiger partial charge in [0.15, 0.2) is 0 Å². The van der Waals surface area contributed by atoms with Gasteiger partial charge in [-0.05, 0) is 0 Å². The zero-order valence-electron chi connectivity index (χ0n) is 11.7. The second kappa shape index (κ2) is 5.51. The first-order valence-electron chi connectivity index (χ1n) is 5.73. The van der Waals surface area contributed by atoms with Crippen LogP contribution in [0.5, 0.6) is 0 Å². The van der Waals surface area contributed by atoms with E-state index in [4.69, 9.17) is 0 Å². The monoisotopic (exact) mass is 317 g/mol. The molecule has 0 aliphatic rings. The van der Waals surface area contributed by atoms with Gasteiger partial charge >= 0.3 is 100 Å². The molecule has 0 bridgehead atoms. The molecule has 0 aromatic heterocycles. The Hall–Kier alpha value is 0.209. The third kappa shape index (κ3) is 10.5. The SMILES string of the molecule is CC(/C=C(/C)[CH2][Sn]([CH3])([CH3])[CH3])=NC(C)(C)C. The maximum absolute atomic E-state index is 4.64. The van der Waals surface area contributed by atoms with Crippen LogP contribution in [0.4, 0.5) is 0 Å². The molecule has 2 heteroatoms. The van der Waals surface area contributed by atoms with Gasteiger partial charge < -0.3 is 0 Å². The van der Waals surface area contributed by atoms with Crippen molar-refractivity contribution < 1.29 is 0 Å². The Kier molecular flexibility index (Phi) is 5.59. The second-order valence-electron chi connectivity index (χ2n) is 6.65. The van der Waals surface area contributed by atoms with Gasteiger partial charge in [0.25, 0.3) is 0 Å². The van der Waals surface area contributed by atoms with Gasteiger partial charge in [-0.2, -0.15) is 0 Å². The van der Waals surface area contributed by atoms with E-state index in [-0.39, 0.29) is 5.54 Å². The molecule has 0 fully saturated rings. The van der Waals surface area contributed by atoms with E-state index in [1.54, 1.807) is 0 Å². The van der Waals surface area contributed by atoms with Crippen molar-refractivity contribution >= 4 is 24.1 Å². The molecule has 0 saturated carbocycles. The van der Waals surface area contributed by atoms with E-state index in [9.17, 15) is 0 Å². The number of hydrogen-bond acceptors (Lipinski definition) is 1. The van der Waals surface area contributed by atoms with Crippen molar-refractivity contribution in [3.8, 4) is 0 Å². The molecule has 0 atom stereocenters. The molecular weight excluding hydrogens is 289 g/mol. The van der Waals surface area contributed by atoms with E-state index in [0.717, 1.165) is 5.71 Å². The van der Waals surface area contributed by atoms with Crippen molar-refractivity contribution in [1.29, 1.82) is 0 Å². The van der Waals surface area contributed by atoms with Crippen LogP contribution in [0.1, 0.15) is 34.6 Å². The first-order valence-corrected chi connectivity index (χ1v) is 16.3. The van der Waals surface area contributed by atoms with E-state index >= 15 is 0 Å². The molecule has 0 unspecified atom stereocenters. The number of rotatable bonds is 3. The Morgan fingerprint density at radius 1 is 1.13 bits per heavy atom. The molecule has 0 radical (unpaired) electrons. The van der Waals surface area contributed by atoms with Crippen LogP contribution in [-0.2, 0) is 0 Å². The summed E-state index contributed by atoms with van der Waals surface area (Å²) in [7, 11) is 0. The minimum atomic E-state index is -1.65. The van der Waals surface area contributed by atoms with Crippen LogP contribution in [0, 0.1) is 0 Å². The molecule has 0 rings (SSSR count). The van der Waals surface area contributed by atoms with Crippen LogP contribution in [0.25, 0.3) is 0 Å². The van der Waals surface area contributed by atoms with E-state index in [1.165, 1.54) is 10.0 Å². The molecule has 0 spiro atoms. The maximum atomic E-state index is 4.64. The van der Waals surface area contributed by atoms with Gasteiger partial charge in [-0.15, -0.1) is 0 Å². The Morgan fingerprint density at radius 3 is 1.93 bits per heavy atom. The average molecular weight is 316 g/mol. The fraction of sp³-hybridized carbons (Fsp3) is 0.769. The summed E-state index contributed by atoms with van der Waals surface area (Å²) >= 11 is -1.65. The van der Waals surface area contributed by atoms with Crippen molar-refractivity contribution in [2.75, 3.05) is 0 Å². The quantitative estimate of drug-likeness (QED) is 0.536. The molecule has 0 amide bonds. The van der Waals surface area contributed by atoms with Crippen LogP contribution >= 0.6 is 0 Å². The molecule has 0 aliphatic carbocycles. The zero-order chi connectivity index (χ0) is 12.3. The van der Waals surface area contributed by atoms with Gasteiger partial charge in [-0.3, -0.25) is 0 Å². The Labute approximate surface area is 99.9 Å². The normalized spacial score (nSPS) is 15.7. The molecule has 88 valence electrons. The number of nitrogens with zero attached hydrogens (tertiary/aromatic N) is 1. The number of allylic oxidation sites excluding steroid dienone is 2. The summed E-state index contributed by atoms with van der Waals surface area (Å²) < 4.78 is 1.34. The summed E-state index contributed by atoms with van der Waals surface area (Å²) in [6.45, 7) is 10.8. The average Bonchev–Trinajstić information content (AvgIpc) is 1.73. The molecule has 0 N–H and O–H groups in total. The summed E-state index contributed by atoms with van der Waals surface area (Å²) in [5.41, 5.74) is 2.71. The summed E-state index contributed by atoms with van der Waals surface area (Å²) in [6.07, 6.45) is 2.26. The Bertz CT molecular complexity index is 261.